The Morgan fingerprint density at radius 2 is 2.15 bits per heavy atom. The van der Waals surface area contributed by atoms with Crippen LogP contribution < -0.4 is 11.3 Å². The summed E-state index contributed by atoms with van der Waals surface area (Å²) in [6.07, 6.45) is 8.25. The van der Waals surface area contributed by atoms with Crippen LogP contribution in [0.25, 0.3) is 0 Å². The SMILES string of the molecule is NNC(CC1CCCCO1)C1CCOC2(CCOC2)C1. The highest BCUT2D eigenvalue weighted by atomic mass is 16.6. The van der Waals surface area contributed by atoms with Crippen LogP contribution in [0.2, 0.25) is 0 Å². The summed E-state index contributed by atoms with van der Waals surface area (Å²) < 4.78 is 17.4. The van der Waals surface area contributed by atoms with E-state index in [1.54, 1.807) is 0 Å². The maximum absolute atomic E-state index is 6.02. The van der Waals surface area contributed by atoms with Gasteiger partial charge in [0.15, 0.2) is 0 Å². The van der Waals surface area contributed by atoms with Crippen LogP contribution in [0.15, 0.2) is 0 Å². The van der Waals surface area contributed by atoms with Crippen LogP contribution in [-0.2, 0) is 14.2 Å². The van der Waals surface area contributed by atoms with E-state index < -0.39 is 0 Å². The maximum Gasteiger partial charge on any atom is 0.0939 e. The number of nitrogens with two attached hydrogens (primary N) is 1. The van der Waals surface area contributed by atoms with Crippen LogP contribution in [0.1, 0.15) is 44.9 Å². The Balaban J connectivity index is 1.57. The number of hydrogen-bond acceptors (Lipinski definition) is 5. The highest BCUT2D eigenvalue weighted by molar-refractivity contribution is 4.94. The zero-order valence-electron chi connectivity index (χ0n) is 12.3. The minimum atomic E-state index is -0.0363. The summed E-state index contributed by atoms with van der Waals surface area (Å²) in [4.78, 5) is 0. The van der Waals surface area contributed by atoms with Crippen molar-refractivity contribution in [2.45, 2.75) is 62.7 Å². The number of rotatable bonds is 4. The molecule has 0 aromatic heterocycles. The molecule has 3 fully saturated rings. The molecule has 0 aromatic rings. The third-order valence-corrected chi connectivity index (χ3v) is 5.17. The molecule has 0 amide bonds. The number of nitrogens with one attached hydrogen (secondary N) is 1. The van der Waals surface area contributed by atoms with E-state index in [-0.39, 0.29) is 5.60 Å². The summed E-state index contributed by atoms with van der Waals surface area (Å²) in [5.74, 6) is 6.40. The molecule has 3 saturated heterocycles. The fourth-order valence-electron chi connectivity index (χ4n) is 3.95. The number of hydrogen-bond donors (Lipinski definition) is 2. The Hall–Kier alpha value is -0.200. The molecule has 0 radical (unpaired) electrons. The average Bonchev–Trinajstić information content (AvgIpc) is 2.93. The highest BCUT2D eigenvalue weighted by Crippen LogP contribution is 2.38. The molecule has 5 nitrogen and oxygen atoms in total. The second kappa shape index (κ2) is 6.71. The molecule has 0 bridgehead atoms. The normalized spacial score (nSPS) is 40.0. The van der Waals surface area contributed by atoms with Crippen molar-refractivity contribution in [3.05, 3.63) is 0 Å². The van der Waals surface area contributed by atoms with Crippen LogP contribution >= 0.6 is 0 Å². The zero-order chi connectivity index (χ0) is 13.8. The van der Waals surface area contributed by atoms with Gasteiger partial charge in [0.05, 0.1) is 18.3 Å². The molecule has 0 saturated carbocycles. The Morgan fingerprint density at radius 1 is 1.20 bits per heavy atom. The summed E-state index contributed by atoms with van der Waals surface area (Å²) in [6, 6.07) is 0.333. The highest BCUT2D eigenvalue weighted by Gasteiger charge is 2.43. The second-order valence-corrected chi connectivity index (χ2v) is 6.58. The van der Waals surface area contributed by atoms with E-state index in [4.69, 9.17) is 20.1 Å². The van der Waals surface area contributed by atoms with E-state index in [2.05, 4.69) is 5.43 Å². The summed E-state index contributed by atoms with van der Waals surface area (Å²) >= 11 is 0. The van der Waals surface area contributed by atoms with Gasteiger partial charge in [-0.05, 0) is 44.4 Å². The van der Waals surface area contributed by atoms with Crippen molar-refractivity contribution >= 4 is 0 Å². The zero-order valence-corrected chi connectivity index (χ0v) is 12.3. The molecule has 0 aromatic carbocycles. The lowest BCUT2D eigenvalue weighted by Crippen LogP contribution is -2.50. The molecule has 3 aliphatic heterocycles. The Morgan fingerprint density at radius 3 is 2.85 bits per heavy atom. The summed E-state index contributed by atoms with van der Waals surface area (Å²) in [6.45, 7) is 3.32. The summed E-state index contributed by atoms with van der Waals surface area (Å²) in [5, 5.41) is 0. The van der Waals surface area contributed by atoms with Crippen LogP contribution in [0.5, 0.6) is 0 Å². The molecule has 116 valence electrons. The molecule has 3 N–H and O–H groups in total. The van der Waals surface area contributed by atoms with Gasteiger partial charge in [0.2, 0.25) is 0 Å². The van der Waals surface area contributed by atoms with Crippen LogP contribution in [0, 0.1) is 5.92 Å². The third kappa shape index (κ3) is 3.34. The summed E-state index contributed by atoms with van der Waals surface area (Å²) in [5.41, 5.74) is 3.01. The predicted octanol–water partition coefficient (Wildman–Crippen LogP) is 1.36. The van der Waals surface area contributed by atoms with E-state index in [1.807, 2.05) is 0 Å². The molecule has 3 aliphatic rings. The van der Waals surface area contributed by atoms with Gasteiger partial charge in [-0.25, -0.2) is 0 Å². The Kier molecular flexibility index (Phi) is 4.94. The fourth-order valence-corrected chi connectivity index (χ4v) is 3.95. The van der Waals surface area contributed by atoms with Crippen molar-refractivity contribution in [2.24, 2.45) is 11.8 Å². The monoisotopic (exact) mass is 284 g/mol. The molecule has 0 aliphatic carbocycles. The first kappa shape index (κ1) is 14.7. The molecule has 1 spiro atoms. The van der Waals surface area contributed by atoms with Crippen LogP contribution in [0.3, 0.4) is 0 Å². The first-order chi connectivity index (χ1) is 9.81. The average molecular weight is 284 g/mol. The van der Waals surface area contributed by atoms with E-state index in [1.165, 1.54) is 19.3 Å². The molecule has 4 atom stereocenters. The molecular formula is C15H28N2O3. The first-order valence-electron chi connectivity index (χ1n) is 8.11. The van der Waals surface area contributed by atoms with Crippen molar-refractivity contribution in [1.29, 1.82) is 0 Å². The van der Waals surface area contributed by atoms with Gasteiger partial charge in [-0.1, -0.05) is 0 Å². The number of ether oxygens (including phenoxy) is 3. The van der Waals surface area contributed by atoms with Gasteiger partial charge in [-0.15, -0.1) is 0 Å². The molecule has 20 heavy (non-hydrogen) atoms. The van der Waals surface area contributed by atoms with Gasteiger partial charge >= 0.3 is 0 Å². The van der Waals surface area contributed by atoms with Gasteiger partial charge < -0.3 is 14.2 Å². The van der Waals surface area contributed by atoms with Crippen LogP contribution in [-0.4, -0.2) is 44.2 Å². The van der Waals surface area contributed by atoms with Crippen LogP contribution in [0.4, 0.5) is 0 Å². The largest absolute Gasteiger partial charge is 0.378 e. The van der Waals surface area contributed by atoms with Gasteiger partial charge in [0, 0.05) is 32.3 Å². The van der Waals surface area contributed by atoms with Crippen molar-refractivity contribution in [3.63, 3.8) is 0 Å². The lowest BCUT2D eigenvalue weighted by Gasteiger charge is -2.41. The lowest BCUT2D eigenvalue weighted by molar-refractivity contribution is -0.106. The topological polar surface area (TPSA) is 65.7 Å². The molecule has 4 unspecified atom stereocenters. The quantitative estimate of drug-likeness (QED) is 0.603. The first-order valence-corrected chi connectivity index (χ1v) is 8.11. The predicted molar refractivity (Wildman–Crippen MR) is 76.2 cm³/mol. The van der Waals surface area contributed by atoms with Gasteiger partial charge in [0.1, 0.15) is 0 Å². The standard InChI is InChI=1S/C15H28N2O3/c16-17-14(9-13-3-1-2-6-19-13)12-4-7-20-15(10-12)5-8-18-11-15/h12-14,17H,1-11,16H2. The molecule has 3 rings (SSSR count). The summed E-state index contributed by atoms with van der Waals surface area (Å²) in [7, 11) is 0. The van der Waals surface area contributed by atoms with Gasteiger partial charge in [-0.3, -0.25) is 11.3 Å². The number of hydrazine groups is 1. The lowest BCUT2D eigenvalue weighted by atomic mass is 9.79. The molecule has 3 heterocycles. The molecule has 5 heteroatoms. The third-order valence-electron chi connectivity index (χ3n) is 5.17. The van der Waals surface area contributed by atoms with E-state index >= 15 is 0 Å². The van der Waals surface area contributed by atoms with E-state index in [0.29, 0.717) is 18.1 Å². The van der Waals surface area contributed by atoms with Crippen molar-refractivity contribution < 1.29 is 14.2 Å². The van der Waals surface area contributed by atoms with Crippen molar-refractivity contribution in [3.8, 4) is 0 Å². The van der Waals surface area contributed by atoms with Gasteiger partial charge in [0.25, 0.3) is 0 Å². The van der Waals surface area contributed by atoms with Gasteiger partial charge in [-0.2, -0.15) is 0 Å². The maximum atomic E-state index is 6.02. The smallest absolute Gasteiger partial charge is 0.0939 e. The van der Waals surface area contributed by atoms with E-state index in [9.17, 15) is 0 Å². The minimum Gasteiger partial charge on any atom is -0.378 e. The fraction of sp³-hybridized carbons (Fsp3) is 1.00. The minimum absolute atomic E-state index is 0.0363. The second-order valence-electron chi connectivity index (χ2n) is 6.58. The molecular weight excluding hydrogens is 256 g/mol. The van der Waals surface area contributed by atoms with E-state index in [0.717, 1.165) is 52.1 Å². The van der Waals surface area contributed by atoms with Crippen molar-refractivity contribution in [1.82, 2.24) is 5.43 Å². The Bertz CT molecular complexity index is 301. The van der Waals surface area contributed by atoms with Crippen molar-refractivity contribution in [2.75, 3.05) is 26.4 Å². The Labute approximate surface area is 121 Å².